The van der Waals surface area contributed by atoms with Gasteiger partial charge in [-0.25, -0.2) is 14.8 Å². The summed E-state index contributed by atoms with van der Waals surface area (Å²) in [6.07, 6.45) is 5.31. The first-order chi connectivity index (χ1) is 20.5. The van der Waals surface area contributed by atoms with E-state index in [0.29, 0.717) is 46.9 Å². The van der Waals surface area contributed by atoms with E-state index in [1.54, 1.807) is 50.5 Å². The number of nitrogens with zero attached hydrogens (tertiary/aromatic N) is 2. The highest BCUT2D eigenvalue weighted by Gasteiger charge is 2.46. The number of allylic oxidation sites excluding steroid dienone is 1. The number of aliphatic hydroxyl groups excluding tert-OH is 1. The number of aliphatic hydroxyl groups is 1. The van der Waals surface area contributed by atoms with E-state index in [1.165, 1.54) is 0 Å². The molecule has 0 aliphatic carbocycles. The Hall–Kier alpha value is -4.90. The summed E-state index contributed by atoms with van der Waals surface area (Å²) < 4.78 is 18.7. The maximum Gasteiger partial charge on any atom is 0.333 e. The summed E-state index contributed by atoms with van der Waals surface area (Å²) in [7, 11) is 0. The molecule has 0 saturated carbocycles. The van der Waals surface area contributed by atoms with Crippen molar-refractivity contribution < 1.29 is 28.9 Å². The Balaban J connectivity index is 1.69. The number of carbonyl (C=O) groups is 1. The summed E-state index contributed by atoms with van der Waals surface area (Å²) in [5.74, 6) is 0.219. The number of aryl methyl sites for hydroxylation is 1. The Morgan fingerprint density at radius 3 is 2.65 bits per heavy atom. The highest BCUT2D eigenvalue weighted by Crippen LogP contribution is 2.48. The molecular formula is C32H34N4O7. The fraction of sp³-hybridized carbons (Fsp3) is 0.312. The van der Waals surface area contributed by atoms with Gasteiger partial charge in [0.2, 0.25) is 0 Å². The van der Waals surface area contributed by atoms with Crippen LogP contribution in [0.5, 0.6) is 11.5 Å². The Kier molecular flexibility index (Phi) is 8.10. The zero-order valence-electron chi connectivity index (χ0n) is 24.2. The normalized spacial score (nSPS) is 18.2. The molecule has 43 heavy (non-hydrogen) atoms. The van der Waals surface area contributed by atoms with Crippen LogP contribution in [-0.4, -0.2) is 37.9 Å². The molecule has 0 bridgehead atoms. The van der Waals surface area contributed by atoms with E-state index in [4.69, 9.17) is 25.4 Å². The summed E-state index contributed by atoms with van der Waals surface area (Å²) in [5.41, 5.74) is 13.1. The van der Waals surface area contributed by atoms with E-state index < -0.39 is 29.7 Å². The molecule has 3 aromatic heterocycles. The van der Waals surface area contributed by atoms with Crippen molar-refractivity contribution in [3.05, 3.63) is 92.6 Å². The van der Waals surface area contributed by atoms with Gasteiger partial charge in [0.15, 0.2) is 5.43 Å². The standard InChI is InChI=1S/C32H34N4O7/c1-4-17(2)31(40)42-24-14-21-28(39)27-23(38)13-20(16-37)41-30(27)22(11-19-8-10-35-26(34)12-19)29(21)43-32(24,3)9-7-18-5-6-25(33)36-15-18/h4-6,8,10,12-13,15,24,37,39H,7,9,11,14,16H2,1-3H3,(H2,33,36)(H2,34,35). The summed E-state index contributed by atoms with van der Waals surface area (Å²) >= 11 is 0. The zero-order chi connectivity index (χ0) is 30.9. The second-order valence-electron chi connectivity index (χ2n) is 10.9. The summed E-state index contributed by atoms with van der Waals surface area (Å²) in [6, 6.07) is 8.20. The molecule has 11 nitrogen and oxygen atoms in total. The largest absolute Gasteiger partial charge is 0.507 e. The molecule has 1 aliphatic rings. The summed E-state index contributed by atoms with van der Waals surface area (Å²) in [5, 5.41) is 21.2. The molecule has 2 unspecified atom stereocenters. The minimum absolute atomic E-state index is 0.0374. The number of fused-ring (bicyclic) bond motifs is 2. The van der Waals surface area contributed by atoms with Crippen LogP contribution in [0.25, 0.3) is 11.0 Å². The number of pyridine rings is 2. The summed E-state index contributed by atoms with van der Waals surface area (Å²) in [6.45, 7) is 4.73. The van der Waals surface area contributed by atoms with Gasteiger partial charge < -0.3 is 35.6 Å². The summed E-state index contributed by atoms with van der Waals surface area (Å²) in [4.78, 5) is 34.4. The minimum atomic E-state index is -1.07. The number of phenols is 1. The third-order valence-electron chi connectivity index (χ3n) is 7.89. The van der Waals surface area contributed by atoms with Gasteiger partial charge in [0.05, 0.1) is 0 Å². The van der Waals surface area contributed by atoms with E-state index in [1.807, 2.05) is 13.0 Å². The van der Waals surface area contributed by atoms with E-state index in [0.717, 1.165) is 17.2 Å². The van der Waals surface area contributed by atoms with Crippen LogP contribution in [-0.2, 0) is 35.4 Å². The average molecular weight is 587 g/mol. The highest BCUT2D eigenvalue weighted by molar-refractivity contribution is 5.91. The number of benzene rings is 1. The number of nitrogens with two attached hydrogens (primary N) is 2. The van der Waals surface area contributed by atoms with Gasteiger partial charge in [0, 0.05) is 48.0 Å². The van der Waals surface area contributed by atoms with E-state index >= 15 is 0 Å². The maximum atomic E-state index is 13.2. The van der Waals surface area contributed by atoms with Gasteiger partial charge in [-0.15, -0.1) is 0 Å². The predicted octanol–water partition coefficient (Wildman–Crippen LogP) is 3.74. The molecule has 0 radical (unpaired) electrons. The number of hydrogen-bond acceptors (Lipinski definition) is 11. The van der Waals surface area contributed by atoms with Crippen molar-refractivity contribution in [1.82, 2.24) is 9.97 Å². The van der Waals surface area contributed by atoms with E-state index in [-0.39, 0.29) is 35.3 Å². The van der Waals surface area contributed by atoms with Gasteiger partial charge in [0.1, 0.15) is 58.2 Å². The fourth-order valence-electron chi connectivity index (χ4n) is 5.28. The van der Waals surface area contributed by atoms with Gasteiger partial charge in [-0.2, -0.15) is 0 Å². The Bertz CT molecular complexity index is 1780. The van der Waals surface area contributed by atoms with Crippen molar-refractivity contribution in [2.24, 2.45) is 0 Å². The van der Waals surface area contributed by atoms with Crippen molar-refractivity contribution in [1.29, 1.82) is 0 Å². The number of rotatable bonds is 8. The molecule has 224 valence electrons. The van der Waals surface area contributed by atoms with Gasteiger partial charge >= 0.3 is 5.97 Å². The molecule has 4 aromatic rings. The number of aromatic hydroxyl groups is 1. The average Bonchev–Trinajstić information content (AvgIpc) is 2.99. The van der Waals surface area contributed by atoms with Crippen LogP contribution < -0.4 is 21.6 Å². The monoisotopic (exact) mass is 586 g/mol. The smallest absolute Gasteiger partial charge is 0.333 e. The SMILES string of the molecule is CC=C(C)C(=O)OC1Cc2c(c(Cc3ccnc(N)c3)c3oc(CO)cc(=O)c3c2O)OC1(C)CCc1ccc(N)nc1. The fourth-order valence-corrected chi connectivity index (χ4v) is 5.28. The first-order valence-electron chi connectivity index (χ1n) is 13.9. The molecule has 11 heteroatoms. The van der Waals surface area contributed by atoms with Crippen molar-refractivity contribution in [2.45, 2.75) is 64.8 Å². The minimum Gasteiger partial charge on any atom is -0.507 e. The molecule has 2 atom stereocenters. The van der Waals surface area contributed by atoms with Crippen LogP contribution in [0.15, 0.2) is 63.6 Å². The predicted molar refractivity (Wildman–Crippen MR) is 161 cm³/mol. The molecule has 0 saturated heterocycles. The lowest BCUT2D eigenvalue weighted by atomic mass is 9.82. The van der Waals surface area contributed by atoms with Gasteiger partial charge in [0.25, 0.3) is 0 Å². The van der Waals surface area contributed by atoms with Crippen LogP contribution >= 0.6 is 0 Å². The second-order valence-corrected chi connectivity index (χ2v) is 10.9. The van der Waals surface area contributed by atoms with Crippen LogP contribution in [0.4, 0.5) is 11.6 Å². The van der Waals surface area contributed by atoms with Gasteiger partial charge in [-0.05, 0) is 62.9 Å². The van der Waals surface area contributed by atoms with Gasteiger partial charge in [-0.3, -0.25) is 4.79 Å². The number of ether oxygens (including phenoxy) is 2. The zero-order valence-corrected chi connectivity index (χ0v) is 24.2. The number of hydrogen-bond donors (Lipinski definition) is 4. The topological polar surface area (TPSA) is 184 Å². The van der Waals surface area contributed by atoms with Crippen LogP contribution in [0.1, 0.15) is 55.2 Å². The quantitative estimate of drug-likeness (QED) is 0.174. The number of phenolic OH excluding ortho intramolecular Hbond substituents is 1. The molecule has 0 spiro atoms. The van der Waals surface area contributed by atoms with Crippen molar-refractivity contribution in [3.8, 4) is 11.5 Å². The first kappa shape index (κ1) is 29.6. The number of aromatic nitrogens is 2. The van der Waals surface area contributed by atoms with Crippen LogP contribution in [0, 0.1) is 0 Å². The molecule has 0 amide bonds. The Labute approximate surface area is 247 Å². The Morgan fingerprint density at radius 2 is 1.98 bits per heavy atom. The van der Waals surface area contributed by atoms with Crippen LogP contribution in [0.2, 0.25) is 0 Å². The third kappa shape index (κ3) is 5.89. The lowest BCUT2D eigenvalue weighted by Crippen LogP contribution is -2.51. The van der Waals surface area contributed by atoms with Crippen molar-refractivity contribution in [2.75, 3.05) is 11.5 Å². The number of carbonyl (C=O) groups excluding carboxylic acids is 1. The van der Waals surface area contributed by atoms with Crippen LogP contribution in [0.3, 0.4) is 0 Å². The first-order valence-corrected chi connectivity index (χ1v) is 13.9. The van der Waals surface area contributed by atoms with Crippen molar-refractivity contribution in [3.63, 3.8) is 0 Å². The number of nitrogen functional groups attached to an aromatic ring is 2. The molecule has 1 aliphatic heterocycles. The van der Waals surface area contributed by atoms with E-state index in [2.05, 4.69) is 9.97 Å². The molecule has 5 rings (SSSR count). The van der Waals surface area contributed by atoms with E-state index in [9.17, 15) is 19.8 Å². The maximum absolute atomic E-state index is 13.2. The molecular weight excluding hydrogens is 552 g/mol. The lowest BCUT2D eigenvalue weighted by Gasteiger charge is -2.43. The highest BCUT2D eigenvalue weighted by atomic mass is 16.6. The molecule has 1 aromatic carbocycles. The number of anilines is 2. The molecule has 6 N–H and O–H groups in total. The second kappa shape index (κ2) is 11.8. The third-order valence-corrected chi connectivity index (χ3v) is 7.89. The molecule has 0 fully saturated rings. The Morgan fingerprint density at radius 1 is 1.19 bits per heavy atom. The van der Waals surface area contributed by atoms with Gasteiger partial charge in [-0.1, -0.05) is 12.1 Å². The van der Waals surface area contributed by atoms with Crippen molar-refractivity contribution >= 4 is 28.6 Å². The number of esters is 1. The lowest BCUT2D eigenvalue weighted by molar-refractivity contribution is -0.158. The molecule has 4 heterocycles.